The van der Waals surface area contributed by atoms with E-state index in [2.05, 4.69) is 5.43 Å². The Hall–Kier alpha value is -1.50. The van der Waals surface area contributed by atoms with Gasteiger partial charge in [0.2, 0.25) is 5.75 Å². The number of hydrazine groups is 1. The lowest BCUT2D eigenvalue weighted by molar-refractivity contribution is 0.167. The Morgan fingerprint density at radius 1 is 1.00 bits per heavy atom. The molecule has 0 spiro atoms. The summed E-state index contributed by atoms with van der Waals surface area (Å²) in [5.41, 5.74) is 3.66. The van der Waals surface area contributed by atoms with E-state index in [-0.39, 0.29) is 6.04 Å². The fourth-order valence-corrected chi connectivity index (χ4v) is 2.02. The number of hydrogen-bond acceptors (Lipinski definition) is 6. The highest BCUT2D eigenvalue weighted by molar-refractivity contribution is 5.54. The molecule has 0 heterocycles. The molecule has 1 aromatic carbocycles. The van der Waals surface area contributed by atoms with Crippen molar-refractivity contribution in [2.24, 2.45) is 5.84 Å². The van der Waals surface area contributed by atoms with Gasteiger partial charge in [-0.1, -0.05) is 0 Å². The fourth-order valence-electron chi connectivity index (χ4n) is 2.02. The topological polar surface area (TPSA) is 75.0 Å². The Kier molecular flexibility index (Phi) is 7.89. The molecule has 0 radical (unpaired) electrons. The number of benzene rings is 1. The molecule has 6 nitrogen and oxygen atoms in total. The van der Waals surface area contributed by atoms with Crippen molar-refractivity contribution in [3.63, 3.8) is 0 Å². The van der Waals surface area contributed by atoms with Crippen molar-refractivity contribution in [3.8, 4) is 17.2 Å². The Balaban J connectivity index is 3.26. The van der Waals surface area contributed by atoms with Crippen LogP contribution in [0.1, 0.15) is 32.4 Å². The van der Waals surface area contributed by atoms with Crippen LogP contribution in [0, 0.1) is 0 Å². The molecule has 0 aliphatic heterocycles. The molecule has 0 saturated carbocycles. The van der Waals surface area contributed by atoms with Gasteiger partial charge in [0.15, 0.2) is 11.5 Å². The standard InChI is InChI=1S/C15H26N2O4/c1-5-19-13-8-11(12(17-16)10-18-4)9-14(20-6-2)15(13)21-7-3/h8-9,12,17H,5-7,10,16H2,1-4H3. The number of ether oxygens (including phenoxy) is 4. The largest absolute Gasteiger partial charge is 0.490 e. The summed E-state index contributed by atoms with van der Waals surface area (Å²) in [5.74, 6) is 7.52. The lowest BCUT2D eigenvalue weighted by atomic mass is 10.1. The van der Waals surface area contributed by atoms with Gasteiger partial charge < -0.3 is 18.9 Å². The van der Waals surface area contributed by atoms with E-state index >= 15 is 0 Å². The van der Waals surface area contributed by atoms with Gasteiger partial charge in [0, 0.05) is 7.11 Å². The Labute approximate surface area is 126 Å². The molecule has 1 atom stereocenters. The lowest BCUT2D eigenvalue weighted by Crippen LogP contribution is -2.31. The van der Waals surface area contributed by atoms with E-state index in [1.54, 1.807) is 7.11 Å². The molecule has 0 fully saturated rings. The monoisotopic (exact) mass is 298 g/mol. The minimum absolute atomic E-state index is 0.149. The first-order valence-corrected chi connectivity index (χ1v) is 7.23. The molecule has 6 heteroatoms. The number of rotatable bonds is 10. The maximum atomic E-state index is 5.68. The highest BCUT2D eigenvalue weighted by atomic mass is 16.5. The molecule has 0 aromatic heterocycles. The number of nitrogens with two attached hydrogens (primary N) is 1. The van der Waals surface area contributed by atoms with Crippen LogP contribution < -0.4 is 25.5 Å². The van der Waals surface area contributed by atoms with Crippen molar-refractivity contribution < 1.29 is 18.9 Å². The third-order valence-electron chi connectivity index (χ3n) is 2.87. The molecular formula is C15H26N2O4. The Bertz CT molecular complexity index is 399. The van der Waals surface area contributed by atoms with Crippen LogP contribution in [0.2, 0.25) is 0 Å². The molecule has 0 bridgehead atoms. The summed E-state index contributed by atoms with van der Waals surface area (Å²) in [6, 6.07) is 3.66. The summed E-state index contributed by atoms with van der Waals surface area (Å²) in [7, 11) is 1.63. The first kappa shape index (κ1) is 17.6. The normalized spacial score (nSPS) is 12.0. The van der Waals surface area contributed by atoms with Gasteiger partial charge in [0.25, 0.3) is 0 Å². The van der Waals surface area contributed by atoms with E-state index in [0.29, 0.717) is 43.7 Å². The molecule has 1 unspecified atom stereocenters. The predicted octanol–water partition coefficient (Wildman–Crippen LogP) is 2.03. The SMILES string of the molecule is CCOc1cc(C(COC)NN)cc(OCC)c1OCC. The van der Waals surface area contributed by atoms with Crippen molar-refractivity contribution in [1.82, 2.24) is 5.43 Å². The highest BCUT2D eigenvalue weighted by Crippen LogP contribution is 2.40. The third-order valence-corrected chi connectivity index (χ3v) is 2.87. The van der Waals surface area contributed by atoms with E-state index < -0.39 is 0 Å². The first-order chi connectivity index (χ1) is 10.2. The zero-order valence-electron chi connectivity index (χ0n) is 13.3. The summed E-state index contributed by atoms with van der Waals surface area (Å²) in [5, 5.41) is 0. The van der Waals surface area contributed by atoms with Crippen LogP contribution in [0.15, 0.2) is 12.1 Å². The maximum absolute atomic E-state index is 5.68. The number of methoxy groups -OCH3 is 1. The summed E-state index contributed by atoms with van der Waals surface area (Å²) in [6.07, 6.45) is 0. The maximum Gasteiger partial charge on any atom is 0.203 e. The average Bonchev–Trinajstić information content (AvgIpc) is 2.48. The molecular weight excluding hydrogens is 272 g/mol. The van der Waals surface area contributed by atoms with Gasteiger partial charge in [0.1, 0.15) is 0 Å². The Morgan fingerprint density at radius 3 is 1.90 bits per heavy atom. The second kappa shape index (κ2) is 9.44. The van der Waals surface area contributed by atoms with Gasteiger partial charge in [-0.05, 0) is 38.5 Å². The minimum Gasteiger partial charge on any atom is -0.490 e. The van der Waals surface area contributed by atoms with E-state index in [1.807, 2.05) is 32.9 Å². The van der Waals surface area contributed by atoms with Crippen molar-refractivity contribution in [2.45, 2.75) is 26.8 Å². The van der Waals surface area contributed by atoms with Crippen molar-refractivity contribution in [1.29, 1.82) is 0 Å². The van der Waals surface area contributed by atoms with Crippen LogP contribution in [-0.2, 0) is 4.74 Å². The molecule has 0 saturated heterocycles. The molecule has 0 amide bonds. The quantitative estimate of drug-likeness (QED) is 0.508. The summed E-state index contributed by atoms with van der Waals surface area (Å²) < 4.78 is 22.2. The van der Waals surface area contributed by atoms with Gasteiger partial charge in [-0.2, -0.15) is 0 Å². The highest BCUT2D eigenvalue weighted by Gasteiger charge is 2.19. The summed E-state index contributed by atoms with van der Waals surface area (Å²) in [4.78, 5) is 0. The van der Waals surface area contributed by atoms with Crippen molar-refractivity contribution in [3.05, 3.63) is 17.7 Å². The van der Waals surface area contributed by atoms with Crippen molar-refractivity contribution >= 4 is 0 Å². The molecule has 21 heavy (non-hydrogen) atoms. The van der Waals surface area contributed by atoms with Crippen LogP contribution in [0.25, 0.3) is 0 Å². The number of nitrogens with one attached hydrogen (secondary N) is 1. The van der Waals surface area contributed by atoms with E-state index in [1.165, 1.54) is 0 Å². The smallest absolute Gasteiger partial charge is 0.203 e. The molecule has 0 aliphatic rings. The average molecular weight is 298 g/mol. The van der Waals surface area contributed by atoms with Gasteiger partial charge in [-0.3, -0.25) is 11.3 Å². The molecule has 120 valence electrons. The summed E-state index contributed by atoms with van der Waals surface area (Å²) >= 11 is 0. The molecule has 1 rings (SSSR count). The first-order valence-electron chi connectivity index (χ1n) is 7.23. The van der Waals surface area contributed by atoms with Crippen LogP contribution in [0.5, 0.6) is 17.2 Å². The molecule has 1 aromatic rings. The van der Waals surface area contributed by atoms with Gasteiger partial charge in [-0.15, -0.1) is 0 Å². The second-order valence-corrected chi connectivity index (χ2v) is 4.32. The van der Waals surface area contributed by atoms with Gasteiger partial charge >= 0.3 is 0 Å². The predicted molar refractivity (Wildman–Crippen MR) is 81.9 cm³/mol. The van der Waals surface area contributed by atoms with Crippen LogP contribution >= 0.6 is 0 Å². The fraction of sp³-hybridized carbons (Fsp3) is 0.600. The van der Waals surface area contributed by atoms with E-state index in [0.717, 1.165) is 5.56 Å². The zero-order valence-corrected chi connectivity index (χ0v) is 13.3. The van der Waals surface area contributed by atoms with E-state index in [9.17, 15) is 0 Å². The third kappa shape index (κ3) is 4.77. The van der Waals surface area contributed by atoms with Crippen LogP contribution in [0.3, 0.4) is 0 Å². The minimum atomic E-state index is -0.149. The zero-order chi connectivity index (χ0) is 15.7. The lowest BCUT2D eigenvalue weighted by Gasteiger charge is -2.21. The van der Waals surface area contributed by atoms with Crippen LogP contribution in [-0.4, -0.2) is 33.5 Å². The van der Waals surface area contributed by atoms with Crippen LogP contribution in [0.4, 0.5) is 0 Å². The molecule has 0 aliphatic carbocycles. The second-order valence-electron chi connectivity index (χ2n) is 4.32. The number of hydrogen-bond donors (Lipinski definition) is 2. The van der Waals surface area contributed by atoms with Gasteiger partial charge in [-0.25, -0.2) is 0 Å². The molecule has 3 N–H and O–H groups in total. The Morgan fingerprint density at radius 2 is 1.52 bits per heavy atom. The van der Waals surface area contributed by atoms with Crippen molar-refractivity contribution in [2.75, 3.05) is 33.5 Å². The van der Waals surface area contributed by atoms with E-state index in [4.69, 9.17) is 24.8 Å². The summed E-state index contributed by atoms with van der Waals surface area (Å²) in [6.45, 7) is 7.85. The van der Waals surface area contributed by atoms with Gasteiger partial charge in [0.05, 0.1) is 32.5 Å².